The normalized spacial score (nSPS) is 18.1. The van der Waals surface area contributed by atoms with Gasteiger partial charge in [-0.2, -0.15) is 0 Å². The fraction of sp³-hybridized carbons (Fsp3) is 0.467. The minimum absolute atomic E-state index is 0.164. The lowest BCUT2D eigenvalue weighted by Crippen LogP contribution is -2.46. The van der Waals surface area contributed by atoms with Gasteiger partial charge < -0.3 is 16.0 Å². The summed E-state index contributed by atoms with van der Waals surface area (Å²) in [7, 11) is 0. The Morgan fingerprint density at radius 1 is 1.36 bits per heavy atom. The number of benzene rings is 1. The molecule has 1 aromatic carbocycles. The molecule has 0 aromatic heterocycles. The first-order chi connectivity index (χ1) is 10.5. The Kier molecular flexibility index (Phi) is 5.43. The standard InChI is InChI=1S/C15H19F2N3O2/c16-11-3-4-13(17)12(8-11)15(22)20-7-1-2-10(9-20)14(21)19-6-5-18/h3-4,8,10H,1-2,5-7,9,18H2,(H,19,21). The van der Waals surface area contributed by atoms with Gasteiger partial charge in [-0.15, -0.1) is 0 Å². The van der Waals surface area contributed by atoms with Gasteiger partial charge in [-0.1, -0.05) is 0 Å². The van der Waals surface area contributed by atoms with E-state index in [1.165, 1.54) is 4.90 Å². The minimum Gasteiger partial charge on any atom is -0.355 e. The fourth-order valence-corrected chi connectivity index (χ4v) is 2.55. The van der Waals surface area contributed by atoms with Crippen molar-refractivity contribution in [2.24, 2.45) is 11.7 Å². The molecule has 0 bridgehead atoms. The van der Waals surface area contributed by atoms with Gasteiger partial charge in [-0.05, 0) is 31.0 Å². The van der Waals surface area contributed by atoms with Crippen molar-refractivity contribution < 1.29 is 18.4 Å². The van der Waals surface area contributed by atoms with Crippen molar-refractivity contribution in [3.8, 4) is 0 Å². The molecule has 1 aromatic rings. The number of carbonyl (C=O) groups is 2. The number of carbonyl (C=O) groups excluding carboxylic acids is 2. The lowest BCUT2D eigenvalue weighted by molar-refractivity contribution is -0.126. The van der Waals surface area contributed by atoms with Crippen molar-refractivity contribution in [2.75, 3.05) is 26.2 Å². The maximum atomic E-state index is 13.7. The van der Waals surface area contributed by atoms with Gasteiger partial charge in [0.25, 0.3) is 5.91 Å². The third kappa shape index (κ3) is 3.79. The summed E-state index contributed by atoms with van der Waals surface area (Å²) in [6.45, 7) is 1.35. The van der Waals surface area contributed by atoms with E-state index in [0.29, 0.717) is 32.5 Å². The van der Waals surface area contributed by atoms with Crippen LogP contribution in [0.4, 0.5) is 8.78 Å². The number of nitrogens with zero attached hydrogens (tertiary/aromatic N) is 1. The summed E-state index contributed by atoms with van der Waals surface area (Å²) in [6, 6.07) is 2.78. The topological polar surface area (TPSA) is 75.4 Å². The van der Waals surface area contributed by atoms with E-state index in [1.54, 1.807) is 0 Å². The summed E-state index contributed by atoms with van der Waals surface area (Å²) < 4.78 is 26.9. The van der Waals surface area contributed by atoms with Crippen LogP contribution >= 0.6 is 0 Å². The second kappa shape index (κ2) is 7.31. The van der Waals surface area contributed by atoms with Gasteiger partial charge in [-0.25, -0.2) is 8.78 Å². The zero-order valence-electron chi connectivity index (χ0n) is 12.1. The van der Waals surface area contributed by atoms with Crippen LogP contribution in [0, 0.1) is 17.6 Å². The Hall–Kier alpha value is -2.02. The number of hydrogen-bond acceptors (Lipinski definition) is 3. The number of hydrogen-bond donors (Lipinski definition) is 2. The van der Waals surface area contributed by atoms with Crippen LogP contribution in [0.25, 0.3) is 0 Å². The second-order valence-corrected chi connectivity index (χ2v) is 5.29. The van der Waals surface area contributed by atoms with Crippen LogP contribution in [0.1, 0.15) is 23.2 Å². The molecule has 3 N–H and O–H groups in total. The van der Waals surface area contributed by atoms with E-state index in [0.717, 1.165) is 18.2 Å². The fourth-order valence-electron chi connectivity index (χ4n) is 2.55. The summed E-state index contributed by atoms with van der Waals surface area (Å²) in [4.78, 5) is 25.7. The van der Waals surface area contributed by atoms with Crippen molar-refractivity contribution >= 4 is 11.8 Å². The average molecular weight is 311 g/mol. The Labute approximate surface area is 127 Å². The van der Waals surface area contributed by atoms with Crippen LogP contribution < -0.4 is 11.1 Å². The predicted octanol–water partition coefficient (Wildman–Crippen LogP) is 0.892. The molecule has 1 saturated heterocycles. The Morgan fingerprint density at radius 2 is 2.14 bits per heavy atom. The molecule has 1 aliphatic rings. The molecule has 0 aliphatic carbocycles. The highest BCUT2D eigenvalue weighted by Gasteiger charge is 2.29. The average Bonchev–Trinajstić information content (AvgIpc) is 2.54. The third-order valence-electron chi connectivity index (χ3n) is 3.68. The largest absolute Gasteiger partial charge is 0.355 e. The summed E-state index contributed by atoms with van der Waals surface area (Å²) in [5.74, 6) is -2.53. The molecule has 1 aliphatic heterocycles. The molecule has 1 atom stereocenters. The van der Waals surface area contributed by atoms with Crippen molar-refractivity contribution in [3.63, 3.8) is 0 Å². The molecule has 7 heteroatoms. The maximum Gasteiger partial charge on any atom is 0.256 e. The molecular weight excluding hydrogens is 292 g/mol. The molecule has 2 amide bonds. The monoisotopic (exact) mass is 311 g/mol. The second-order valence-electron chi connectivity index (χ2n) is 5.29. The quantitative estimate of drug-likeness (QED) is 0.867. The Bertz CT molecular complexity index is 566. The molecule has 0 spiro atoms. The van der Waals surface area contributed by atoms with Crippen molar-refractivity contribution in [1.29, 1.82) is 0 Å². The molecule has 1 fully saturated rings. The molecule has 0 radical (unpaired) electrons. The lowest BCUT2D eigenvalue weighted by atomic mass is 9.96. The minimum atomic E-state index is -0.763. The third-order valence-corrected chi connectivity index (χ3v) is 3.68. The maximum absolute atomic E-state index is 13.7. The first-order valence-corrected chi connectivity index (χ1v) is 7.25. The van der Waals surface area contributed by atoms with E-state index < -0.39 is 17.5 Å². The molecule has 120 valence electrons. The Balaban J connectivity index is 2.07. The van der Waals surface area contributed by atoms with Crippen LogP contribution in [0.15, 0.2) is 18.2 Å². The molecule has 1 unspecified atom stereocenters. The van der Waals surface area contributed by atoms with Gasteiger partial charge in [0.2, 0.25) is 5.91 Å². The van der Waals surface area contributed by atoms with E-state index in [2.05, 4.69) is 5.32 Å². The highest BCUT2D eigenvalue weighted by atomic mass is 19.1. The number of nitrogens with one attached hydrogen (secondary N) is 1. The summed E-state index contributed by atoms with van der Waals surface area (Å²) in [5, 5.41) is 2.69. The smallest absolute Gasteiger partial charge is 0.256 e. The van der Waals surface area contributed by atoms with Gasteiger partial charge in [0, 0.05) is 26.2 Å². The van der Waals surface area contributed by atoms with E-state index in [1.807, 2.05) is 0 Å². The SMILES string of the molecule is NCCNC(=O)C1CCCN(C(=O)c2cc(F)ccc2F)C1. The zero-order valence-corrected chi connectivity index (χ0v) is 12.1. The van der Waals surface area contributed by atoms with Crippen LogP contribution in [0.2, 0.25) is 0 Å². The predicted molar refractivity (Wildman–Crippen MR) is 77.0 cm³/mol. The van der Waals surface area contributed by atoms with Gasteiger partial charge in [-0.3, -0.25) is 9.59 Å². The molecule has 0 saturated carbocycles. The van der Waals surface area contributed by atoms with E-state index >= 15 is 0 Å². The molecular formula is C15H19F2N3O2. The van der Waals surface area contributed by atoms with Gasteiger partial charge >= 0.3 is 0 Å². The van der Waals surface area contributed by atoms with Gasteiger partial charge in [0.15, 0.2) is 0 Å². The van der Waals surface area contributed by atoms with Crippen LogP contribution in [0.5, 0.6) is 0 Å². The van der Waals surface area contributed by atoms with Crippen LogP contribution in [0.3, 0.4) is 0 Å². The van der Waals surface area contributed by atoms with E-state index in [-0.39, 0.29) is 23.9 Å². The summed E-state index contributed by atoms with van der Waals surface area (Å²) in [6.07, 6.45) is 1.30. The highest BCUT2D eigenvalue weighted by molar-refractivity contribution is 5.95. The van der Waals surface area contributed by atoms with Crippen molar-refractivity contribution in [2.45, 2.75) is 12.8 Å². The van der Waals surface area contributed by atoms with Crippen LogP contribution in [-0.2, 0) is 4.79 Å². The summed E-state index contributed by atoms with van der Waals surface area (Å²) in [5.41, 5.74) is 5.03. The number of halogens is 2. The number of rotatable bonds is 4. The van der Waals surface area contributed by atoms with E-state index in [9.17, 15) is 18.4 Å². The van der Waals surface area contributed by atoms with Crippen molar-refractivity contribution in [3.05, 3.63) is 35.4 Å². The number of nitrogens with two attached hydrogens (primary N) is 1. The molecule has 2 rings (SSSR count). The first-order valence-electron chi connectivity index (χ1n) is 7.25. The molecule has 5 nitrogen and oxygen atoms in total. The zero-order chi connectivity index (χ0) is 16.1. The van der Waals surface area contributed by atoms with Crippen molar-refractivity contribution in [1.82, 2.24) is 10.2 Å². The van der Waals surface area contributed by atoms with Gasteiger partial charge in [0.05, 0.1) is 11.5 Å². The molecule has 22 heavy (non-hydrogen) atoms. The first kappa shape index (κ1) is 16.4. The molecule has 1 heterocycles. The Morgan fingerprint density at radius 3 is 2.86 bits per heavy atom. The number of likely N-dealkylation sites (tertiary alicyclic amines) is 1. The van der Waals surface area contributed by atoms with Gasteiger partial charge in [0.1, 0.15) is 11.6 Å². The van der Waals surface area contributed by atoms with E-state index in [4.69, 9.17) is 5.73 Å². The summed E-state index contributed by atoms with van der Waals surface area (Å²) >= 11 is 0. The number of amides is 2. The lowest BCUT2D eigenvalue weighted by Gasteiger charge is -2.32. The van der Waals surface area contributed by atoms with Crippen LogP contribution in [-0.4, -0.2) is 42.9 Å². The number of piperidine rings is 1. The highest BCUT2D eigenvalue weighted by Crippen LogP contribution is 2.20.